The van der Waals surface area contributed by atoms with Gasteiger partial charge in [0.25, 0.3) is 0 Å². The van der Waals surface area contributed by atoms with Crippen LogP contribution in [-0.2, 0) is 19.3 Å². The lowest BCUT2D eigenvalue weighted by molar-refractivity contribution is 0.414. The maximum Gasteiger partial charge on any atom is 0.242 e. The van der Waals surface area contributed by atoms with E-state index in [9.17, 15) is 0 Å². The first kappa shape index (κ1) is 15.2. The Labute approximate surface area is 125 Å². The molecule has 1 aromatic heterocycles. The van der Waals surface area contributed by atoms with E-state index < -0.39 is 0 Å². The quantitative estimate of drug-likeness (QED) is 0.848. The fraction of sp³-hybridized carbons (Fsp3) is 0.438. The third-order valence-electron chi connectivity index (χ3n) is 3.34. The van der Waals surface area contributed by atoms with Crippen molar-refractivity contribution in [2.75, 3.05) is 19.0 Å². The van der Waals surface area contributed by atoms with E-state index in [0.29, 0.717) is 5.95 Å². The molecule has 0 aliphatic heterocycles. The lowest BCUT2D eigenvalue weighted by Gasteiger charge is -2.08. The molecular formula is C16H22N4O. The molecule has 0 aliphatic rings. The molecule has 2 aromatic rings. The molecule has 0 aliphatic carbocycles. The zero-order chi connectivity index (χ0) is 15.1. The first-order valence-corrected chi connectivity index (χ1v) is 7.36. The number of hydrogen-bond acceptors (Lipinski definition) is 5. The van der Waals surface area contributed by atoms with Crippen molar-refractivity contribution in [1.82, 2.24) is 15.2 Å². The van der Waals surface area contributed by atoms with Gasteiger partial charge in [0.2, 0.25) is 5.95 Å². The van der Waals surface area contributed by atoms with Crippen molar-refractivity contribution in [2.24, 2.45) is 0 Å². The van der Waals surface area contributed by atoms with Gasteiger partial charge in [0.05, 0.1) is 18.5 Å². The molecule has 0 saturated heterocycles. The van der Waals surface area contributed by atoms with Crippen molar-refractivity contribution < 1.29 is 4.74 Å². The van der Waals surface area contributed by atoms with E-state index in [2.05, 4.69) is 40.4 Å². The molecule has 0 saturated carbocycles. The van der Waals surface area contributed by atoms with E-state index >= 15 is 0 Å². The highest BCUT2D eigenvalue weighted by Gasteiger charge is 2.05. The molecule has 0 atom stereocenters. The summed E-state index contributed by atoms with van der Waals surface area (Å²) in [4.78, 5) is 4.52. The third kappa shape index (κ3) is 4.15. The van der Waals surface area contributed by atoms with Gasteiger partial charge in [-0.1, -0.05) is 26.0 Å². The fourth-order valence-electron chi connectivity index (χ4n) is 2.16. The summed E-state index contributed by atoms with van der Waals surface area (Å²) in [5, 5.41) is 11.6. The zero-order valence-electron chi connectivity index (χ0n) is 12.9. The largest absolute Gasteiger partial charge is 0.497 e. The van der Waals surface area contributed by atoms with Crippen molar-refractivity contribution in [3.05, 3.63) is 41.2 Å². The van der Waals surface area contributed by atoms with Crippen molar-refractivity contribution in [1.29, 1.82) is 0 Å². The fourth-order valence-corrected chi connectivity index (χ4v) is 2.16. The monoisotopic (exact) mass is 286 g/mol. The number of rotatable bonds is 7. The predicted octanol–water partition coefficient (Wildman–Crippen LogP) is 2.66. The maximum atomic E-state index is 5.22. The average molecular weight is 286 g/mol. The van der Waals surface area contributed by atoms with Crippen LogP contribution in [0.4, 0.5) is 5.95 Å². The van der Waals surface area contributed by atoms with Gasteiger partial charge in [0.15, 0.2) is 0 Å². The Balaban J connectivity index is 1.93. The molecule has 1 aromatic carbocycles. The number of nitrogens with zero attached hydrogens (tertiary/aromatic N) is 3. The van der Waals surface area contributed by atoms with E-state index in [-0.39, 0.29) is 0 Å². The normalized spacial score (nSPS) is 10.4. The Kier molecular flexibility index (Phi) is 5.49. The molecule has 0 amide bonds. The predicted molar refractivity (Wildman–Crippen MR) is 83.8 cm³/mol. The van der Waals surface area contributed by atoms with E-state index in [1.807, 2.05) is 18.2 Å². The first-order chi connectivity index (χ1) is 10.3. The average Bonchev–Trinajstić information content (AvgIpc) is 2.55. The molecule has 0 fully saturated rings. The second-order valence-corrected chi connectivity index (χ2v) is 4.76. The van der Waals surface area contributed by atoms with E-state index in [4.69, 9.17) is 4.74 Å². The van der Waals surface area contributed by atoms with Crippen LogP contribution in [-0.4, -0.2) is 28.8 Å². The molecule has 0 unspecified atom stereocenters. The molecule has 1 heterocycles. The van der Waals surface area contributed by atoms with Gasteiger partial charge in [-0.25, -0.2) is 4.98 Å². The number of ether oxygens (including phenoxy) is 1. The van der Waals surface area contributed by atoms with Crippen LogP contribution in [0, 0.1) is 0 Å². The summed E-state index contributed by atoms with van der Waals surface area (Å²) in [5.74, 6) is 1.48. The number of hydrogen-bond donors (Lipinski definition) is 1. The minimum absolute atomic E-state index is 0.604. The smallest absolute Gasteiger partial charge is 0.242 e. The zero-order valence-corrected chi connectivity index (χ0v) is 12.9. The second kappa shape index (κ2) is 7.57. The standard InChI is InChI=1S/C16H22N4O/c1-4-14-15(5-2)19-20-16(18-14)17-10-9-12-7-6-8-13(11-12)21-3/h6-8,11H,4-5,9-10H2,1-3H3,(H,17,18,20). The summed E-state index contributed by atoms with van der Waals surface area (Å²) in [5.41, 5.74) is 3.22. The summed E-state index contributed by atoms with van der Waals surface area (Å²) >= 11 is 0. The molecule has 2 rings (SSSR count). The Morgan fingerprint density at radius 2 is 1.90 bits per heavy atom. The Morgan fingerprint density at radius 3 is 2.62 bits per heavy atom. The van der Waals surface area contributed by atoms with Gasteiger partial charge < -0.3 is 10.1 Å². The molecular weight excluding hydrogens is 264 g/mol. The molecule has 0 bridgehead atoms. The number of anilines is 1. The number of aryl methyl sites for hydroxylation is 2. The van der Waals surface area contributed by atoms with Crippen LogP contribution in [0.15, 0.2) is 24.3 Å². The van der Waals surface area contributed by atoms with E-state index in [1.54, 1.807) is 7.11 Å². The molecule has 0 radical (unpaired) electrons. The van der Waals surface area contributed by atoms with Crippen LogP contribution in [0.3, 0.4) is 0 Å². The van der Waals surface area contributed by atoms with Crippen LogP contribution in [0.1, 0.15) is 30.8 Å². The highest BCUT2D eigenvalue weighted by atomic mass is 16.5. The Bertz CT molecular complexity index is 586. The number of nitrogens with one attached hydrogen (secondary N) is 1. The Morgan fingerprint density at radius 1 is 1.10 bits per heavy atom. The van der Waals surface area contributed by atoms with Gasteiger partial charge in [0.1, 0.15) is 5.75 Å². The van der Waals surface area contributed by atoms with Crippen LogP contribution in [0.2, 0.25) is 0 Å². The van der Waals surface area contributed by atoms with Gasteiger partial charge in [-0.15, -0.1) is 5.10 Å². The molecule has 5 nitrogen and oxygen atoms in total. The summed E-state index contributed by atoms with van der Waals surface area (Å²) in [7, 11) is 1.68. The Hall–Kier alpha value is -2.17. The minimum atomic E-state index is 0.604. The van der Waals surface area contributed by atoms with Gasteiger partial charge >= 0.3 is 0 Å². The van der Waals surface area contributed by atoms with Gasteiger partial charge in [-0.3, -0.25) is 0 Å². The SMILES string of the molecule is CCc1nnc(NCCc2cccc(OC)c2)nc1CC. The van der Waals surface area contributed by atoms with E-state index in [1.165, 1.54) is 5.56 Å². The summed E-state index contributed by atoms with van der Waals surface area (Å²) < 4.78 is 5.22. The van der Waals surface area contributed by atoms with Crippen LogP contribution in [0.25, 0.3) is 0 Å². The van der Waals surface area contributed by atoms with Gasteiger partial charge in [-0.2, -0.15) is 5.10 Å². The summed E-state index contributed by atoms with van der Waals surface area (Å²) in [6.07, 6.45) is 2.63. The van der Waals surface area contributed by atoms with Gasteiger partial charge in [0, 0.05) is 6.54 Å². The lowest BCUT2D eigenvalue weighted by atomic mass is 10.1. The second-order valence-electron chi connectivity index (χ2n) is 4.76. The van der Waals surface area contributed by atoms with Crippen molar-refractivity contribution >= 4 is 5.95 Å². The molecule has 0 spiro atoms. The molecule has 5 heteroatoms. The van der Waals surface area contributed by atoms with Crippen molar-refractivity contribution in [3.8, 4) is 5.75 Å². The van der Waals surface area contributed by atoms with Crippen molar-refractivity contribution in [3.63, 3.8) is 0 Å². The van der Waals surface area contributed by atoms with Crippen LogP contribution in [0.5, 0.6) is 5.75 Å². The topological polar surface area (TPSA) is 59.9 Å². The number of aromatic nitrogens is 3. The van der Waals surface area contributed by atoms with Crippen LogP contribution >= 0.6 is 0 Å². The highest BCUT2D eigenvalue weighted by molar-refractivity contribution is 5.30. The van der Waals surface area contributed by atoms with Gasteiger partial charge in [-0.05, 0) is 37.0 Å². The third-order valence-corrected chi connectivity index (χ3v) is 3.34. The number of benzene rings is 1. The highest BCUT2D eigenvalue weighted by Crippen LogP contribution is 2.13. The van der Waals surface area contributed by atoms with Crippen LogP contribution < -0.4 is 10.1 Å². The summed E-state index contributed by atoms with van der Waals surface area (Å²) in [6, 6.07) is 8.07. The van der Waals surface area contributed by atoms with E-state index in [0.717, 1.165) is 42.9 Å². The molecule has 21 heavy (non-hydrogen) atoms. The lowest BCUT2D eigenvalue weighted by Crippen LogP contribution is -2.12. The first-order valence-electron chi connectivity index (χ1n) is 7.36. The number of methoxy groups -OCH3 is 1. The minimum Gasteiger partial charge on any atom is -0.497 e. The maximum absolute atomic E-state index is 5.22. The molecule has 112 valence electrons. The summed E-state index contributed by atoms with van der Waals surface area (Å²) in [6.45, 7) is 4.92. The van der Waals surface area contributed by atoms with Crippen molar-refractivity contribution in [2.45, 2.75) is 33.1 Å². The molecule has 1 N–H and O–H groups in total.